The first-order chi connectivity index (χ1) is 8.83. The van der Waals surface area contributed by atoms with Crippen LogP contribution in [0.4, 0.5) is 0 Å². The molecule has 94 valence electrons. The van der Waals surface area contributed by atoms with Crippen molar-refractivity contribution in [3.63, 3.8) is 0 Å². The molecule has 2 atom stereocenters. The lowest BCUT2D eigenvalue weighted by molar-refractivity contribution is 0.140. The maximum atomic E-state index is 10.6. The molecule has 0 saturated carbocycles. The molecular weight excluding hydrogens is 220 g/mol. The minimum atomic E-state index is -0.423. The lowest BCUT2D eigenvalue weighted by Gasteiger charge is -2.23. The highest BCUT2D eigenvalue weighted by Gasteiger charge is 2.21. The van der Waals surface area contributed by atoms with Crippen molar-refractivity contribution >= 4 is 0 Å². The quantitative estimate of drug-likeness (QED) is 0.826. The van der Waals surface area contributed by atoms with Gasteiger partial charge in [0.05, 0.1) is 6.10 Å². The van der Waals surface area contributed by atoms with Crippen LogP contribution < -0.4 is 0 Å². The molecule has 0 spiro atoms. The number of rotatable bonds is 5. The number of aliphatic hydroxyl groups excluding tert-OH is 1. The third-order valence-electron chi connectivity index (χ3n) is 3.35. The van der Waals surface area contributed by atoms with Gasteiger partial charge in [-0.15, -0.1) is 0 Å². The van der Waals surface area contributed by atoms with Gasteiger partial charge in [0.25, 0.3) is 0 Å². The highest BCUT2D eigenvalue weighted by atomic mass is 16.3. The fraction of sp³-hybridized carbons (Fsp3) is 0.294. The van der Waals surface area contributed by atoms with Crippen LogP contribution in [0.25, 0.3) is 0 Å². The summed E-state index contributed by atoms with van der Waals surface area (Å²) in [4.78, 5) is 0. The number of benzene rings is 2. The van der Waals surface area contributed by atoms with Gasteiger partial charge in [-0.25, -0.2) is 0 Å². The van der Waals surface area contributed by atoms with Crippen LogP contribution >= 0.6 is 0 Å². The van der Waals surface area contributed by atoms with Crippen molar-refractivity contribution in [1.82, 2.24) is 0 Å². The lowest BCUT2D eigenvalue weighted by atomic mass is 9.86. The average molecular weight is 240 g/mol. The molecule has 0 radical (unpaired) electrons. The monoisotopic (exact) mass is 240 g/mol. The lowest BCUT2D eigenvalue weighted by Crippen LogP contribution is -2.10. The van der Waals surface area contributed by atoms with Crippen molar-refractivity contribution in [1.29, 1.82) is 0 Å². The first kappa shape index (κ1) is 12.8. The van der Waals surface area contributed by atoms with Gasteiger partial charge in [0.15, 0.2) is 0 Å². The Morgan fingerprint density at radius 2 is 1.33 bits per heavy atom. The van der Waals surface area contributed by atoms with Crippen LogP contribution in [0.1, 0.15) is 42.9 Å². The molecule has 1 nitrogen and oxygen atoms in total. The molecule has 1 N–H and O–H groups in total. The molecular formula is C17H20O. The SMILES string of the molecule is CCC[C@H](c1ccccc1)[C@@H](O)c1ccccc1. The van der Waals surface area contributed by atoms with Gasteiger partial charge < -0.3 is 5.11 Å². The van der Waals surface area contributed by atoms with Gasteiger partial charge in [-0.1, -0.05) is 74.0 Å². The van der Waals surface area contributed by atoms with Crippen molar-refractivity contribution in [2.75, 3.05) is 0 Å². The predicted molar refractivity (Wildman–Crippen MR) is 75.5 cm³/mol. The smallest absolute Gasteiger partial charge is 0.0858 e. The van der Waals surface area contributed by atoms with Gasteiger partial charge >= 0.3 is 0 Å². The molecule has 0 heterocycles. The summed E-state index contributed by atoms with van der Waals surface area (Å²) in [7, 11) is 0. The van der Waals surface area contributed by atoms with Crippen molar-refractivity contribution in [3.8, 4) is 0 Å². The van der Waals surface area contributed by atoms with Gasteiger partial charge in [-0.05, 0) is 17.5 Å². The van der Waals surface area contributed by atoms with E-state index in [0.29, 0.717) is 0 Å². The summed E-state index contributed by atoms with van der Waals surface area (Å²) in [6, 6.07) is 20.2. The fourth-order valence-electron chi connectivity index (χ4n) is 2.40. The standard InChI is InChI=1S/C17H20O/c1-2-9-16(14-10-5-3-6-11-14)17(18)15-12-7-4-8-13-15/h3-8,10-13,16-18H,2,9H2,1H3/t16-,17+/m1/s1. The summed E-state index contributed by atoms with van der Waals surface area (Å²) in [5.41, 5.74) is 2.22. The molecule has 1 heteroatoms. The second-order valence-corrected chi connectivity index (χ2v) is 4.66. The van der Waals surface area contributed by atoms with Crippen LogP contribution in [0.5, 0.6) is 0 Å². The van der Waals surface area contributed by atoms with E-state index >= 15 is 0 Å². The Hall–Kier alpha value is -1.60. The maximum absolute atomic E-state index is 10.6. The summed E-state index contributed by atoms with van der Waals surface area (Å²) in [5.74, 6) is 0.179. The minimum Gasteiger partial charge on any atom is -0.388 e. The first-order valence-corrected chi connectivity index (χ1v) is 6.61. The molecule has 0 unspecified atom stereocenters. The predicted octanol–water partition coefficient (Wildman–Crippen LogP) is 4.30. The van der Waals surface area contributed by atoms with Crippen molar-refractivity contribution in [2.45, 2.75) is 31.8 Å². The number of hydrogen-bond donors (Lipinski definition) is 1. The molecule has 0 aliphatic carbocycles. The zero-order chi connectivity index (χ0) is 12.8. The Morgan fingerprint density at radius 3 is 1.83 bits per heavy atom. The number of hydrogen-bond acceptors (Lipinski definition) is 1. The van der Waals surface area contributed by atoms with E-state index in [2.05, 4.69) is 19.1 Å². The second kappa shape index (κ2) is 6.36. The van der Waals surface area contributed by atoms with Gasteiger partial charge in [0.1, 0.15) is 0 Å². The fourth-order valence-corrected chi connectivity index (χ4v) is 2.40. The topological polar surface area (TPSA) is 20.2 Å². The van der Waals surface area contributed by atoms with Gasteiger partial charge in [0.2, 0.25) is 0 Å². The van der Waals surface area contributed by atoms with E-state index in [9.17, 15) is 5.11 Å². The third kappa shape index (κ3) is 2.99. The van der Waals surface area contributed by atoms with Crippen molar-refractivity contribution < 1.29 is 5.11 Å². The van der Waals surface area contributed by atoms with E-state index in [-0.39, 0.29) is 5.92 Å². The maximum Gasteiger partial charge on any atom is 0.0858 e. The van der Waals surface area contributed by atoms with Crippen LogP contribution in [0.2, 0.25) is 0 Å². The normalized spacial score (nSPS) is 14.1. The Labute approximate surface area is 109 Å². The molecule has 0 aliphatic rings. The van der Waals surface area contributed by atoms with E-state index in [4.69, 9.17) is 0 Å². The van der Waals surface area contributed by atoms with Crippen LogP contribution in [0.15, 0.2) is 60.7 Å². The van der Waals surface area contributed by atoms with E-state index in [1.165, 1.54) is 5.56 Å². The van der Waals surface area contributed by atoms with Gasteiger partial charge in [-0.2, -0.15) is 0 Å². The highest BCUT2D eigenvalue weighted by Crippen LogP contribution is 2.34. The Kier molecular flexibility index (Phi) is 4.54. The van der Waals surface area contributed by atoms with Crippen LogP contribution in [-0.4, -0.2) is 5.11 Å². The third-order valence-corrected chi connectivity index (χ3v) is 3.35. The Morgan fingerprint density at radius 1 is 0.833 bits per heavy atom. The van der Waals surface area contributed by atoms with Crippen LogP contribution in [0.3, 0.4) is 0 Å². The summed E-state index contributed by atoms with van der Waals surface area (Å²) < 4.78 is 0. The molecule has 0 saturated heterocycles. The first-order valence-electron chi connectivity index (χ1n) is 6.61. The largest absolute Gasteiger partial charge is 0.388 e. The molecule has 2 aromatic carbocycles. The highest BCUT2D eigenvalue weighted by molar-refractivity contribution is 5.26. The molecule has 0 fully saturated rings. The van der Waals surface area contributed by atoms with Gasteiger partial charge in [0, 0.05) is 5.92 Å². The van der Waals surface area contributed by atoms with Crippen molar-refractivity contribution in [3.05, 3.63) is 71.8 Å². The molecule has 18 heavy (non-hydrogen) atoms. The van der Waals surface area contributed by atoms with E-state index in [1.54, 1.807) is 0 Å². The average Bonchev–Trinajstić information content (AvgIpc) is 2.46. The summed E-state index contributed by atoms with van der Waals surface area (Å²) in [6.45, 7) is 2.16. The Bertz CT molecular complexity index is 450. The van der Waals surface area contributed by atoms with Crippen molar-refractivity contribution in [2.24, 2.45) is 0 Å². The molecule has 0 aliphatic heterocycles. The van der Waals surface area contributed by atoms with E-state index < -0.39 is 6.10 Å². The summed E-state index contributed by atoms with van der Waals surface area (Å²) in [6.07, 6.45) is 1.65. The summed E-state index contributed by atoms with van der Waals surface area (Å²) >= 11 is 0. The molecule has 2 aromatic rings. The second-order valence-electron chi connectivity index (χ2n) is 4.66. The molecule has 0 aromatic heterocycles. The van der Waals surface area contributed by atoms with Crippen LogP contribution in [-0.2, 0) is 0 Å². The molecule has 0 amide bonds. The number of aliphatic hydroxyl groups is 1. The van der Waals surface area contributed by atoms with E-state index in [0.717, 1.165) is 18.4 Å². The molecule has 0 bridgehead atoms. The summed E-state index contributed by atoms with van der Waals surface area (Å²) in [5, 5.41) is 10.6. The Balaban J connectivity index is 2.26. The van der Waals surface area contributed by atoms with E-state index in [1.807, 2.05) is 48.5 Å². The molecule has 2 rings (SSSR count). The zero-order valence-electron chi connectivity index (χ0n) is 10.8. The minimum absolute atomic E-state index is 0.179. The zero-order valence-corrected chi connectivity index (χ0v) is 10.8. The van der Waals surface area contributed by atoms with Crippen LogP contribution in [0, 0.1) is 0 Å². The van der Waals surface area contributed by atoms with Gasteiger partial charge in [-0.3, -0.25) is 0 Å².